The molecule has 3 heteroatoms. The molecule has 0 aromatic heterocycles. The first kappa shape index (κ1) is 15.7. The van der Waals surface area contributed by atoms with Crippen LogP contribution in [0, 0.1) is 0 Å². The summed E-state index contributed by atoms with van der Waals surface area (Å²) in [5, 5.41) is 5.32. The standard InChI is InChI=1S/C22H21NO2/c1-2-25-21-14-17-9-4-3-8-16(17)13-19(21)22(24)23-20-12-11-15-7-5-6-10-18(15)20/h3-10,13-14,20H,2,11-12H2,1H3,(H,23,24). The second-order valence-corrected chi connectivity index (χ2v) is 6.39. The Bertz CT molecular complexity index is 932. The van der Waals surface area contributed by atoms with Gasteiger partial charge in [0, 0.05) is 0 Å². The van der Waals surface area contributed by atoms with Gasteiger partial charge in [-0.2, -0.15) is 0 Å². The van der Waals surface area contributed by atoms with Crippen molar-refractivity contribution in [2.75, 3.05) is 6.61 Å². The molecular formula is C22H21NO2. The Morgan fingerprint density at radius 3 is 2.60 bits per heavy atom. The van der Waals surface area contributed by atoms with Gasteiger partial charge in [-0.05, 0) is 53.8 Å². The van der Waals surface area contributed by atoms with Gasteiger partial charge in [0.1, 0.15) is 5.75 Å². The van der Waals surface area contributed by atoms with Crippen LogP contribution in [-0.4, -0.2) is 12.5 Å². The van der Waals surface area contributed by atoms with E-state index in [4.69, 9.17) is 4.74 Å². The fourth-order valence-electron chi connectivity index (χ4n) is 3.61. The van der Waals surface area contributed by atoms with Gasteiger partial charge < -0.3 is 10.1 Å². The van der Waals surface area contributed by atoms with Crippen molar-refractivity contribution in [3.63, 3.8) is 0 Å². The summed E-state index contributed by atoms with van der Waals surface area (Å²) in [5.74, 6) is 0.570. The van der Waals surface area contributed by atoms with Crippen LogP contribution in [0.25, 0.3) is 10.8 Å². The van der Waals surface area contributed by atoms with Crippen LogP contribution in [0.4, 0.5) is 0 Å². The maximum Gasteiger partial charge on any atom is 0.255 e. The SMILES string of the molecule is CCOc1cc2ccccc2cc1C(=O)NC1CCc2ccccc21. The number of rotatable bonds is 4. The lowest BCUT2D eigenvalue weighted by Crippen LogP contribution is -2.27. The van der Waals surface area contributed by atoms with E-state index in [1.807, 2.05) is 49.4 Å². The third-order valence-electron chi connectivity index (χ3n) is 4.83. The summed E-state index contributed by atoms with van der Waals surface area (Å²) in [6.07, 6.45) is 1.96. The van der Waals surface area contributed by atoms with E-state index in [-0.39, 0.29) is 11.9 Å². The highest BCUT2D eigenvalue weighted by Crippen LogP contribution is 2.32. The van der Waals surface area contributed by atoms with Crippen LogP contribution in [0.15, 0.2) is 60.7 Å². The quantitative estimate of drug-likeness (QED) is 0.755. The zero-order valence-corrected chi connectivity index (χ0v) is 14.3. The zero-order chi connectivity index (χ0) is 17.2. The van der Waals surface area contributed by atoms with Crippen LogP contribution in [0.5, 0.6) is 5.75 Å². The molecule has 1 N–H and O–H groups in total. The van der Waals surface area contributed by atoms with E-state index in [9.17, 15) is 4.79 Å². The molecule has 1 aliphatic carbocycles. The van der Waals surface area contributed by atoms with Crippen molar-refractivity contribution in [3.8, 4) is 5.75 Å². The number of aryl methyl sites for hydroxylation is 1. The molecule has 3 aromatic rings. The van der Waals surface area contributed by atoms with Gasteiger partial charge in [-0.1, -0.05) is 48.5 Å². The number of carbonyl (C=O) groups excluding carboxylic acids is 1. The van der Waals surface area contributed by atoms with Crippen molar-refractivity contribution in [2.24, 2.45) is 0 Å². The molecular weight excluding hydrogens is 310 g/mol. The van der Waals surface area contributed by atoms with Crippen LogP contribution in [0.1, 0.15) is 40.9 Å². The Hall–Kier alpha value is -2.81. The minimum Gasteiger partial charge on any atom is -0.493 e. The molecule has 0 saturated carbocycles. The summed E-state index contributed by atoms with van der Waals surface area (Å²) >= 11 is 0. The number of fused-ring (bicyclic) bond motifs is 2. The number of ether oxygens (including phenoxy) is 1. The lowest BCUT2D eigenvalue weighted by Gasteiger charge is -2.17. The highest BCUT2D eigenvalue weighted by atomic mass is 16.5. The Morgan fingerprint density at radius 2 is 1.80 bits per heavy atom. The van der Waals surface area contributed by atoms with Gasteiger partial charge in [-0.15, -0.1) is 0 Å². The normalized spacial score (nSPS) is 15.8. The Labute approximate surface area is 147 Å². The molecule has 0 saturated heterocycles. The highest BCUT2D eigenvalue weighted by molar-refractivity contribution is 6.01. The number of carbonyl (C=O) groups is 1. The van der Waals surface area contributed by atoms with E-state index in [0.717, 1.165) is 23.6 Å². The molecule has 25 heavy (non-hydrogen) atoms. The van der Waals surface area contributed by atoms with Gasteiger partial charge in [0.25, 0.3) is 5.91 Å². The zero-order valence-electron chi connectivity index (χ0n) is 14.3. The Kier molecular flexibility index (Phi) is 4.14. The van der Waals surface area contributed by atoms with Crippen molar-refractivity contribution in [1.82, 2.24) is 5.32 Å². The summed E-state index contributed by atoms with van der Waals surface area (Å²) in [4.78, 5) is 13.0. The van der Waals surface area contributed by atoms with Crippen LogP contribution in [0.3, 0.4) is 0 Å². The van der Waals surface area contributed by atoms with Crippen molar-refractivity contribution >= 4 is 16.7 Å². The summed E-state index contributed by atoms with van der Waals surface area (Å²) in [7, 11) is 0. The van der Waals surface area contributed by atoms with Gasteiger partial charge in [-0.3, -0.25) is 4.79 Å². The van der Waals surface area contributed by atoms with Crippen molar-refractivity contribution in [3.05, 3.63) is 77.4 Å². The maximum atomic E-state index is 13.0. The van der Waals surface area contributed by atoms with Crippen molar-refractivity contribution in [2.45, 2.75) is 25.8 Å². The molecule has 1 atom stereocenters. The molecule has 126 valence electrons. The first-order chi connectivity index (χ1) is 12.3. The molecule has 0 fully saturated rings. The number of amides is 1. The lowest BCUT2D eigenvalue weighted by atomic mass is 10.0. The summed E-state index contributed by atoms with van der Waals surface area (Å²) in [6, 6.07) is 20.3. The monoisotopic (exact) mass is 331 g/mol. The Balaban J connectivity index is 1.66. The van der Waals surface area contributed by atoms with E-state index >= 15 is 0 Å². The average molecular weight is 331 g/mol. The van der Waals surface area contributed by atoms with Crippen LogP contribution >= 0.6 is 0 Å². The van der Waals surface area contributed by atoms with Crippen LogP contribution in [0.2, 0.25) is 0 Å². The van der Waals surface area contributed by atoms with Crippen LogP contribution < -0.4 is 10.1 Å². The molecule has 0 radical (unpaired) electrons. The first-order valence-electron chi connectivity index (χ1n) is 8.80. The third-order valence-corrected chi connectivity index (χ3v) is 4.83. The molecule has 1 amide bonds. The average Bonchev–Trinajstić information content (AvgIpc) is 3.04. The lowest BCUT2D eigenvalue weighted by molar-refractivity contribution is 0.0933. The first-order valence-corrected chi connectivity index (χ1v) is 8.80. The molecule has 0 spiro atoms. The number of hydrogen-bond acceptors (Lipinski definition) is 2. The Morgan fingerprint density at radius 1 is 1.08 bits per heavy atom. The molecule has 3 aromatic carbocycles. The number of benzene rings is 3. The van der Waals surface area contributed by atoms with Gasteiger partial charge in [0.05, 0.1) is 18.2 Å². The van der Waals surface area contributed by atoms with E-state index in [2.05, 4.69) is 23.5 Å². The molecule has 1 unspecified atom stereocenters. The predicted molar refractivity (Wildman–Crippen MR) is 100 cm³/mol. The third kappa shape index (κ3) is 2.98. The number of nitrogens with one attached hydrogen (secondary N) is 1. The summed E-state index contributed by atoms with van der Waals surface area (Å²) < 4.78 is 5.74. The topological polar surface area (TPSA) is 38.3 Å². The smallest absolute Gasteiger partial charge is 0.255 e. The molecule has 4 rings (SSSR count). The van der Waals surface area contributed by atoms with E-state index in [0.29, 0.717) is 17.9 Å². The summed E-state index contributed by atoms with van der Waals surface area (Å²) in [6.45, 7) is 2.47. The molecule has 0 bridgehead atoms. The fourth-order valence-corrected chi connectivity index (χ4v) is 3.61. The highest BCUT2D eigenvalue weighted by Gasteiger charge is 2.25. The van der Waals surface area contributed by atoms with E-state index in [1.54, 1.807) is 0 Å². The molecule has 3 nitrogen and oxygen atoms in total. The molecule has 0 aliphatic heterocycles. The predicted octanol–water partition coefficient (Wildman–Crippen LogP) is 4.66. The minimum atomic E-state index is -0.0732. The van der Waals surface area contributed by atoms with Crippen LogP contribution in [-0.2, 0) is 6.42 Å². The minimum absolute atomic E-state index is 0.0732. The van der Waals surface area contributed by atoms with Crippen molar-refractivity contribution < 1.29 is 9.53 Å². The fraction of sp³-hybridized carbons (Fsp3) is 0.227. The summed E-state index contributed by atoms with van der Waals surface area (Å²) in [5.41, 5.74) is 3.16. The van der Waals surface area contributed by atoms with Gasteiger partial charge in [0.15, 0.2) is 0 Å². The second kappa shape index (κ2) is 6.60. The maximum absolute atomic E-state index is 13.0. The second-order valence-electron chi connectivity index (χ2n) is 6.39. The molecule has 0 heterocycles. The molecule has 1 aliphatic rings. The van der Waals surface area contributed by atoms with Gasteiger partial charge in [-0.25, -0.2) is 0 Å². The largest absolute Gasteiger partial charge is 0.493 e. The van der Waals surface area contributed by atoms with Gasteiger partial charge in [0.2, 0.25) is 0 Å². The van der Waals surface area contributed by atoms with Crippen molar-refractivity contribution in [1.29, 1.82) is 0 Å². The van der Waals surface area contributed by atoms with Gasteiger partial charge >= 0.3 is 0 Å². The number of hydrogen-bond donors (Lipinski definition) is 1. The van der Waals surface area contributed by atoms with E-state index < -0.39 is 0 Å². The van der Waals surface area contributed by atoms with E-state index in [1.165, 1.54) is 11.1 Å².